The second-order valence-corrected chi connectivity index (χ2v) is 8.73. The maximum atomic E-state index is 10.9. The summed E-state index contributed by atoms with van der Waals surface area (Å²) in [7, 11) is -2.37. The second kappa shape index (κ2) is 5.64. The van der Waals surface area contributed by atoms with Gasteiger partial charge < -0.3 is 0 Å². The molecule has 0 aromatic heterocycles. The van der Waals surface area contributed by atoms with E-state index in [1.54, 1.807) is 14.1 Å². The van der Waals surface area contributed by atoms with E-state index >= 15 is 0 Å². The Kier molecular flexibility index (Phi) is 4.94. The number of sulfonamides is 2. The monoisotopic (exact) mass is 284 g/mol. The van der Waals surface area contributed by atoms with E-state index in [1.807, 2.05) is 0 Å². The summed E-state index contributed by atoms with van der Waals surface area (Å²) in [6, 6.07) is 0. The van der Waals surface area contributed by atoms with Gasteiger partial charge in [0.2, 0.25) is 20.0 Å². The van der Waals surface area contributed by atoms with E-state index in [2.05, 4.69) is 0 Å². The average Bonchev–Trinajstić information content (AvgIpc) is 2.51. The molecule has 0 unspecified atom stereocenters. The predicted octanol–water partition coefficient (Wildman–Crippen LogP) is -0.306. The van der Waals surface area contributed by atoms with Crippen LogP contribution >= 0.6 is 0 Å². The van der Waals surface area contributed by atoms with Gasteiger partial charge in [0.1, 0.15) is 0 Å². The summed E-state index contributed by atoms with van der Waals surface area (Å²) in [5.41, 5.74) is 0. The Balaban J connectivity index is 0.000000171. The number of nitrogens with zero attached hydrogens (tertiary/aromatic N) is 2. The normalized spacial score (nSPS) is 28.4. The number of hydrogen-bond donors (Lipinski definition) is 0. The first-order chi connectivity index (χ1) is 7.76. The Labute approximate surface area is 104 Å². The fourth-order valence-corrected chi connectivity index (χ4v) is 4.18. The third-order valence-electron chi connectivity index (χ3n) is 2.95. The van der Waals surface area contributed by atoms with Gasteiger partial charge in [0.05, 0.1) is 11.5 Å². The van der Waals surface area contributed by atoms with Crippen molar-refractivity contribution in [3.63, 3.8) is 0 Å². The summed E-state index contributed by atoms with van der Waals surface area (Å²) in [6.45, 7) is 1.39. The minimum Gasteiger partial charge on any atom is -0.212 e. The van der Waals surface area contributed by atoms with Crippen LogP contribution in [0.4, 0.5) is 0 Å². The topological polar surface area (TPSA) is 74.8 Å². The Bertz CT molecular complexity index is 444. The van der Waals surface area contributed by atoms with Crippen molar-refractivity contribution in [3.8, 4) is 0 Å². The minimum atomic E-state index is -2.83. The molecule has 0 aromatic rings. The zero-order chi connectivity index (χ0) is 13.1. The molecule has 2 aliphatic heterocycles. The van der Waals surface area contributed by atoms with E-state index in [1.165, 1.54) is 8.61 Å². The van der Waals surface area contributed by atoms with Crippen molar-refractivity contribution in [2.45, 2.75) is 19.3 Å². The van der Waals surface area contributed by atoms with Crippen molar-refractivity contribution in [1.82, 2.24) is 8.61 Å². The van der Waals surface area contributed by atoms with Gasteiger partial charge in [-0.25, -0.2) is 25.4 Å². The summed E-state index contributed by atoms with van der Waals surface area (Å²) in [4.78, 5) is 0. The third-order valence-corrected chi connectivity index (χ3v) is 6.82. The van der Waals surface area contributed by atoms with Gasteiger partial charge in [0.25, 0.3) is 0 Å². The maximum absolute atomic E-state index is 10.9. The van der Waals surface area contributed by atoms with Crippen molar-refractivity contribution in [2.75, 3.05) is 38.7 Å². The van der Waals surface area contributed by atoms with E-state index in [0.29, 0.717) is 24.6 Å². The second-order valence-electron chi connectivity index (χ2n) is 4.34. The fourth-order valence-electron chi connectivity index (χ4n) is 1.68. The molecule has 0 N–H and O–H groups in total. The lowest BCUT2D eigenvalue weighted by molar-refractivity contribution is 0.435. The molecule has 2 aliphatic rings. The molecule has 0 amide bonds. The lowest BCUT2D eigenvalue weighted by atomic mass is 10.3. The number of rotatable bonds is 0. The zero-order valence-electron chi connectivity index (χ0n) is 10.3. The van der Waals surface area contributed by atoms with Crippen molar-refractivity contribution in [2.24, 2.45) is 0 Å². The zero-order valence-corrected chi connectivity index (χ0v) is 11.9. The largest absolute Gasteiger partial charge is 0.213 e. The van der Waals surface area contributed by atoms with Gasteiger partial charge in [-0.2, -0.15) is 0 Å². The maximum Gasteiger partial charge on any atom is 0.213 e. The van der Waals surface area contributed by atoms with E-state index in [9.17, 15) is 16.8 Å². The Morgan fingerprint density at radius 1 is 0.706 bits per heavy atom. The Morgan fingerprint density at radius 3 is 1.29 bits per heavy atom. The minimum absolute atomic E-state index is 0.337. The van der Waals surface area contributed by atoms with Crippen LogP contribution in [0.5, 0.6) is 0 Å². The Hall–Kier alpha value is -0.180. The standard InChI is InChI=1S/C5H11NO2S.C4H9NO2S/c1-6-4-2-3-5-9(6,7)8;1-5-3-2-4-8(5,6)7/h2-5H2,1H3;2-4H2,1H3. The van der Waals surface area contributed by atoms with Crippen LogP contribution in [-0.4, -0.2) is 64.1 Å². The quantitative estimate of drug-likeness (QED) is 0.612. The molecule has 0 bridgehead atoms. The van der Waals surface area contributed by atoms with Gasteiger partial charge in [-0.05, 0) is 19.3 Å². The first kappa shape index (κ1) is 14.9. The summed E-state index contributed by atoms with van der Waals surface area (Å²) >= 11 is 0. The van der Waals surface area contributed by atoms with Gasteiger partial charge in [-0.1, -0.05) is 0 Å². The smallest absolute Gasteiger partial charge is 0.212 e. The van der Waals surface area contributed by atoms with Gasteiger partial charge in [-0.15, -0.1) is 0 Å². The Morgan fingerprint density at radius 2 is 1.12 bits per heavy atom. The molecule has 0 saturated carbocycles. The van der Waals surface area contributed by atoms with Crippen molar-refractivity contribution < 1.29 is 16.8 Å². The van der Waals surface area contributed by atoms with E-state index < -0.39 is 20.0 Å². The molecule has 0 atom stereocenters. The molecule has 6 nitrogen and oxygen atoms in total. The third kappa shape index (κ3) is 4.20. The highest BCUT2D eigenvalue weighted by Crippen LogP contribution is 2.10. The first-order valence-electron chi connectivity index (χ1n) is 5.64. The van der Waals surface area contributed by atoms with Gasteiger partial charge in [-0.3, -0.25) is 0 Å². The molecule has 2 rings (SSSR count). The molecule has 8 heteroatoms. The van der Waals surface area contributed by atoms with Crippen LogP contribution in [-0.2, 0) is 20.0 Å². The summed E-state index contributed by atoms with van der Waals surface area (Å²) in [5.74, 6) is 0.674. The van der Waals surface area contributed by atoms with Crippen LogP contribution in [0.1, 0.15) is 19.3 Å². The van der Waals surface area contributed by atoms with Gasteiger partial charge in [0, 0.05) is 27.2 Å². The van der Waals surface area contributed by atoms with Crippen LogP contribution in [0.3, 0.4) is 0 Å². The first-order valence-corrected chi connectivity index (χ1v) is 8.85. The summed E-state index contributed by atoms with van der Waals surface area (Å²) in [5, 5.41) is 0. The van der Waals surface area contributed by atoms with E-state index in [-0.39, 0.29) is 0 Å². The molecular formula is C9H20N2O4S2. The predicted molar refractivity (Wildman–Crippen MR) is 66.7 cm³/mol. The van der Waals surface area contributed by atoms with Crippen LogP contribution in [0.25, 0.3) is 0 Å². The van der Waals surface area contributed by atoms with Crippen LogP contribution in [0.2, 0.25) is 0 Å². The molecule has 102 valence electrons. The number of hydrogen-bond acceptors (Lipinski definition) is 4. The van der Waals surface area contributed by atoms with Gasteiger partial charge in [0.15, 0.2) is 0 Å². The molecule has 0 aromatic carbocycles. The van der Waals surface area contributed by atoms with E-state index in [4.69, 9.17) is 0 Å². The molecule has 0 aliphatic carbocycles. The van der Waals surface area contributed by atoms with Crippen LogP contribution in [0, 0.1) is 0 Å². The molecule has 0 radical (unpaired) electrons. The SMILES string of the molecule is CN1CCCCS1(=O)=O.CN1CCCS1(=O)=O. The molecule has 2 saturated heterocycles. The lowest BCUT2D eigenvalue weighted by Gasteiger charge is -2.21. The van der Waals surface area contributed by atoms with Crippen molar-refractivity contribution in [3.05, 3.63) is 0 Å². The van der Waals surface area contributed by atoms with Crippen LogP contribution in [0.15, 0.2) is 0 Å². The summed E-state index contributed by atoms with van der Waals surface area (Å²) < 4.78 is 46.0. The summed E-state index contributed by atoms with van der Waals surface area (Å²) in [6.07, 6.45) is 2.63. The van der Waals surface area contributed by atoms with Crippen LogP contribution < -0.4 is 0 Å². The van der Waals surface area contributed by atoms with Crippen molar-refractivity contribution in [1.29, 1.82) is 0 Å². The van der Waals surface area contributed by atoms with E-state index in [0.717, 1.165) is 19.3 Å². The molecular weight excluding hydrogens is 264 g/mol. The van der Waals surface area contributed by atoms with Gasteiger partial charge >= 0.3 is 0 Å². The molecule has 0 spiro atoms. The van der Waals surface area contributed by atoms with Crippen molar-refractivity contribution >= 4 is 20.0 Å². The highest BCUT2D eigenvalue weighted by atomic mass is 32.2. The average molecular weight is 284 g/mol. The highest BCUT2D eigenvalue weighted by molar-refractivity contribution is 7.89. The molecule has 2 heterocycles. The lowest BCUT2D eigenvalue weighted by Crippen LogP contribution is -2.34. The molecule has 17 heavy (non-hydrogen) atoms. The molecule has 2 fully saturated rings. The fraction of sp³-hybridized carbons (Fsp3) is 1.00. The highest BCUT2D eigenvalue weighted by Gasteiger charge is 2.23.